The molecule has 25 nitrogen and oxygen atoms in total. The second-order valence-corrected chi connectivity index (χ2v) is 20.1. The number of hydrogen-bond donors (Lipinski definition) is 4. The van der Waals surface area contributed by atoms with Gasteiger partial charge in [-0.3, -0.25) is 37.9 Å². The number of amides is 2. The van der Waals surface area contributed by atoms with Gasteiger partial charge in [-0.2, -0.15) is 10.2 Å². The predicted octanol–water partition coefficient (Wildman–Crippen LogP) is 2.96. The maximum absolute atomic E-state index is 17.1. The van der Waals surface area contributed by atoms with E-state index < -0.39 is 143 Å². The molecule has 2 aromatic carbocycles. The third-order valence-corrected chi connectivity index (χ3v) is 14.3. The van der Waals surface area contributed by atoms with Gasteiger partial charge in [0.2, 0.25) is 0 Å². The van der Waals surface area contributed by atoms with Gasteiger partial charge in [0, 0.05) is 24.2 Å². The number of H-pyrrole nitrogens is 1. The Morgan fingerprint density at radius 2 is 1.15 bits per heavy atom. The van der Waals surface area contributed by atoms with E-state index in [2.05, 4.69) is 22.1 Å². The molecule has 5 heterocycles. The van der Waals surface area contributed by atoms with Gasteiger partial charge in [0.1, 0.15) is 35.8 Å². The number of urea groups is 1. The molecule has 2 amide bonds. The first kappa shape index (κ1) is 53.2. The van der Waals surface area contributed by atoms with E-state index in [1.807, 2.05) is 4.98 Å². The highest BCUT2D eigenvalue weighted by Gasteiger charge is 2.61. The second-order valence-electron chi connectivity index (χ2n) is 16.7. The third kappa shape index (κ3) is 12.4. The normalized spacial score (nSPS) is 34.5. The molecule has 3 fully saturated rings. The maximum Gasteiger partial charge on any atom is 0.459 e. The number of alkyl halides is 2. The fraction of sp³-hybridized carbons (Fsp3) is 0.419. The van der Waals surface area contributed by atoms with Crippen LogP contribution in [0.25, 0.3) is 0 Å². The van der Waals surface area contributed by atoms with Crippen molar-refractivity contribution in [2.45, 2.75) is 88.0 Å². The summed E-state index contributed by atoms with van der Waals surface area (Å²) in [7, 11) is -9.73. The minimum absolute atomic E-state index is 0.0768. The Kier molecular flexibility index (Phi) is 16.0. The molecule has 3 aromatic rings. The van der Waals surface area contributed by atoms with E-state index in [-0.39, 0.29) is 17.2 Å². The summed E-state index contributed by atoms with van der Waals surface area (Å²) in [6.07, 6.45) is -8.10. The van der Waals surface area contributed by atoms with Gasteiger partial charge in [-0.1, -0.05) is 43.0 Å². The summed E-state index contributed by atoms with van der Waals surface area (Å²) >= 11 is 0. The molecule has 12 atom stereocenters. The molecular weight excluding hydrogens is 1000 g/mol. The fourth-order valence-corrected chi connectivity index (χ4v) is 10.5. The van der Waals surface area contributed by atoms with Crippen LogP contribution in [0.1, 0.15) is 33.9 Å². The smallest absolute Gasteiger partial charge is 0.453 e. The second kappa shape index (κ2) is 21.6. The van der Waals surface area contributed by atoms with Gasteiger partial charge in [-0.05, 0) is 58.0 Å². The summed E-state index contributed by atoms with van der Waals surface area (Å²) in [5, 5.41) is 7.07. The monoisotopic (exact) mass is 1050 g/mol. The number of nitrogens with one attached hydrogen (secondary N) is 4. The highest BCUT2D eigenvalue weighted by molar-refractivity contribution is 7.52. The number of cyclic esters (lactones) is 2. The molecular formula is C43H48F2N6O19P2. The van der Waals surface area contributed by atoms with Gasteiger partial charge in [0.25, 0.3) is 5.56 Å². The van der Waals surface area contributed by atoms with Gasteiger partial charge >= 0.3 is 51.1 Å². The van der Waals surface area contributed by atoms with Crippen LogP contribution in [0.4, 0.5) is 13.6 Å². The van der Waals surface area contributed by atoms with Crippen LogP contribution in [-0.2, 0) is 65.8 Å². The summed E-state index contributed by atoms with van der Waals surface area (Å²) in [4.78, 5) is 94.3. The molecule has 3 saturated heterocycles. The minimum Gasteiger partial charge on any atom is -0.453 e. The lowest BCUT2D eigenvalue weighted by Gasteiger charge is -2.34. The number of benzene rings is 2. The zero-order valence-electron chi connectivity index (χ0n) is 38.5. The molecule has 3 unspecified atom stereocenters. The van der Waals surface area contributed by atoms with Gasteiger partial charge in [-0.15, -0.1) is 0 Å². The highest BCUT2D eigenvalue weighted by Crippen LogP contribution is 2.50. The molecule has 0 saturated carbocycles. The molecule has 0 bridgehead atoms. The number of carbonyl (C=O) groups is 5. The van der Waals surface area contributed by atoms with Crippen molar-refractivity contribution in [1.29, 1.82) is 0 Å². The van der Waals surface area contributed by atoms with Crippen molar-refractivity contribution in [3.63, 3.8) is 0 Å². The Hall–Kier alpha value is -6.57. The zero-order valence-corrected chi connectivity index (χ0v) is 40.3. The van der Waals surface area contributed by atoms with Gasteiger partial charge in [0.15, 0.2) is 49.2 Å². The van der Waals surface area contributed by atoms with E-state index in [0.29, 0.717) is 4.57 Å². The molecule has 29 heteroatoms. The number of rotatable bonds is 6. The van der Waals surface area contributed by atoms with Crippen LogP contribution >= 0.6 is 15.5 Å². The van der Waals surface area contributed by atoms with Crippen LogP contribution < -0.4 is 35.8 Å². The molecule has 4 aliphatic heterocycles. The zero-order chi connectivity index (χ0) is 52.2. The first-order valence-corrected chi connectivity index (χ1v) is 24.8. The van der Waals surface area contributed by atoms with E-state index in [0.717, 1.165) is 51.1 Å². The number of nitrogens with zero attached hydrogens (tertiary/aromatic N) is 2. The Labute approximate surface area is 407 Å². The highest BCUT2D eigenvalue weighted by atomic mass is 31.2. The van der Waals surface area contributed by atoms with E-state index in [4.69, 9.17) is 46.5 Å². The lowest BCUT2D eigenvalue weighted by atomic mass is 9.97. The van der Waals surface area contributed by atoms with Crippen molar-refractivity contribution in [1.82, 2.24) is 29.9 Å². The Balaban J connectivity index is 1.21. The Morgan fingerprint density at radius 3 is 1.61 bits per heavy atom. The van der Waals surface area contributed by atoms with Crippen LogP contribution in [0, 0.1) is 0 Å². The Morgan fingerprint density at radius 1 is 0.694 bits per heavy atom. The van der Waals surface area contributed by atoms with Crippen molar-refractivity contribution in [2.75, 3.05) is 26.4 Å². The van der Waals surface area contributed by atoms with Crippen molar-refractivity contribution in [3.8, 4) is 11.5 Å². The molecule has 1 aromatic heterocycles. The first-order chi connectivity index (χ1) is 34.0. The average molecular weight is 1050 g/mol. The van der Waals surface area contributed by atoms with Crippen LogP contribution in [0.3, 0.4) is 0 Å². The van der Waals surface area contributed by atoms with Crippen LogP contribution in [0.15, 0.2) is 107 Å². The summed E-state index contributed by atoms with van der Waals surface area (Å²) < 4.78 is 120. The quantitative estimate of drug-likeness (QED) is 0.157. The predicted molar refractivity (Wildman–Crippen MR) is 240 cm³/mol. The number of ether oxygens (including phenoxy) is 6. The van der Waals surface area contributed by atoms with E-state index in [9.17, 15) is 42.7 Å². The standard InChI is InChI=1S/C43H48F2N6O19P2/c1-24-16-18-50(40(57)46-24)38-42(4,44)34-29(65-38)20-63-71(59,69-27-12-8-6-9-13-27)48-25(2)37(56)62-23-33(54)68-35-30(66-39(43(35,5)45)51-19-17-31(52)47-41(51)58)21-64-72(60,70-28-14-10-7-11-15-28)49-26(3)36(55)61-22-32(53)67-34/h6-19,25-26,29-30,34-35,38-39H,1,20-23H2,2-5H3,(H,46,57)(H,48,59)(H,49,60)(H,47,52,58)/t25-,26+,29-,30-,34-,35-,38-,39-,42-,43?,71?,72?/m1/s1. The molecule has 4 aliphatic rings. The number of aromatic nitrogens is 2. The summed E-state index contributed by atoms with van der Waals surface area (Å²) in [5.41, 5.74) is -7.53. The topological polar surface area (TPSA) is 306 Å². The molecule has 4 N–H and O–H groups in total. The average Bonchev–Trinajstić information content (AvgIpc) is 3.71. The van der Waals surface area contributed by atoms with Crippen LogP contribution in [0.2, 0.25) is 0 Å². The summed E-state index contributed by atoms with van der Waals surface area (Å²) in [6, 6.07) is 11.3. The van der Waals surface area contributed by atoms with E-state index in [1.165, 1.54) is 54.6 Å². The van der Waals surface area contributed by atoms with Gasteiger partial charge < -0.3 is 42.8 Å². The number of para-hydroxylation sites is 2. The first-order valence-electron chi connectivity index (χ1n) is 21.7. The number of aromatic amines is 1. The van der Waals surface area contributed by atoms with Crippen molar-refractivity contribution in [3.05, 3.63) is 118 Å². The number of halogens is 2. The molecule has 388 valence electrons. The molecule has 0 spiro atoms. The number of carbonyl (C=O) groups excluding carboxylic acids is 5. The van der Waals surface area contributed by atoms with Crippen LogP contribution in [0.5, 0.6) is 11.5 Å². The fourth-order valence-electron chi connectivity index (χ4n) is 7.54. The number of fused-ring (bicyclic) bond motifs is 2. The SMILES string of the molecule is C=C1C=CN([C@@H]2O[C@@H]3COP(=O)(Oc4ccccc4)N[C@H](C)C(=O)OCC(=O)O[C@@H]4[C@@H](COP(=O)(Oc5ccccc5)N[C@@H](C)C(=O)OCC(=O)O[C@H]3[C@@]2(C)F)O[C@@H](n2ccc(=O)[nH]c2=O)C4(C)F)C(=O)N1. The van der Waals surface area contributed by atoms with Crippen molar-refractivity contribution < 1.29 is 88.4 Å². The number of esters is 4. The molecule has 0 aliphatic carbocycles. The van der Waals surface area contributed by atoms with Gasteiger partial charge in [0.05, 0.1) is 13.2 Å². The van der Waals surface area contributed by atoms with Crippen LogP contribution in [-0.4, -0.2) is 125 Å². The number of hydrogen-bond acceptors (Lipinski definition) is 19. The van der Waals surface area contributed by atoms with Gasteiger partial charge in [-0.25, -0.2) is 37.1 Å². The lowest BCUT2D eigenvalue weighted by molar-refractivity contribution is -0.169. The van der Waals surface area contributed by atoms with E-state index in [1.54, 1.807) is 12.1 Å². The third-order valence-electron chi connectivity index (χ3n) is 11.0. The van der Waals surface area contributed by atoms with E-state index >= 15 is 8.78 Å². The summed E-state index contributed by atoms with van der Waals surface area (Å²) in [5.74, 6) is -5.54. The van der Waals surface area contributed by atoms with Crippen molar-refractivity contribution >= 4 is 45.4 Å². The maximum atomic E-state index is 17.1. The summed E-state index contributed by atoms with van der Waals surface area (Å²) in [6.45, 7) is 3.26. The Bertz CT molecular complexity index is 2800. The largest absolute Gasteiger partial charge is 0.459 e. The molecule has 7 rings (SSSR count). The lowest BCUT2D eigenvalue weighted by Crippen LogP contribution is -2.54. The minimum atomic E-state index is -4.88. The number of allylic oxidation sites excluding steroid dienone is 1. The molecule has 72 heavy (non-hydrogen) atoms. The van der Waals surface area contributed by atoms with Crippen molar-refractivity contribution in [2.24, 2.45) is 0 Å². The molecule has 0 radical (unpaired) electrons.